The molecule has 9 nitrogen and oxygen atoms in total. The van der Waals surface area contributed by atoms with Gasteiger partial charge in [-0.3, -0.25) is 20.0 Å². The van der Waals surface area contributed by atoms with Crippen LogP contribution in [0.4, 0.5) is 0 Å². The van der Waals surface area contributed by atoms with Gasteiger partial charge in [0.15, 0.2) is 11.5 Å². The molecule has 0 spiro atoms. The molecule has 2 heterocycles. The van der Waals surface area contributed by atoms with Crippen LogP contribution in [-0.4, -0.2) is 59.3 Å². The first-order valence-corrected chi connectivity index (χ1v) is 17.0. The number of rotatable bonds is 19. The molecule has 9 heteroatoms. The van der Waals surface area contributed by atoms with Gasteiger partial charge in [0, 0.05) is 31.2 Å². The number of benzene rings is 3. The molecule has 0 aromatic heterocycles. The minimum Gasteiger partial charge on any atom is -0.504 e. The number of phenolic OH excluding ortho intramolecular Hbond substituents is 1. The normalized spacial score (nSPS) is 17.2. The van der Waals surface area contributed by atoms with Crippen LogP contribution >= 0.6 is 0 Å². The van der Waals surface area contributed by atoms with E-state index in [2.05, 4.69) is 65.0 Å². The minimum atomic E-state index is -0.837. The predicted molar refractivity (Wildman–Crippen MR) is 188 cm³/mol. The lowest BCUT2D eigenvalue weighted by atomic mass is 9.99. The maximum Gasteiger partial charge on any atom is 0.227 e. The summed E-state index contributed by atoms with van der Waals surface area (Å²) in [5.41, 5.74) is 14.2. The van der Waals surface area contributed by atoms with Crippen LogP contribution in [-0.2, 0) is 24.1 Å². The van der Waals surface area contributed by atoms with Gasteiger partial charge < -0.3 is 25.8 Å². The predicted octanol–water partition coefficient (Wildman–Crippen LogP) is 3.69. The molecule has 48 heavy (non-hydrogen) atoms. The molecule has 0 radical (unpaired) electrons. The summed E-state index contributed by atoms with van der Waals surface area (Å²) in [6.07, 6.45) is 6.44. The lowest BCUT2D eigenvalue weighted by molar-refractivity contribution is -0.855. The standard InChI is InChI=1S/C39H48N4O5/c1-2-7-32(44)21-34(46)22-33(45)14-12-28-13-15-37(47)38(20-28)48-26-43-24-35-31(23-42-36(35)25-43)19-29-10-6-11-30(18-29)39(40)41-17-16-27-8-4-3-5-9-27/h3-6,8-11,13,15,18,20,23,25,32,34,39,41,44,46-47H,2,7,12,14,16-17,19,21-22,24,26,40H2,1H3/p+1/t32-,34+,39+/m0/s1. The summed E-state index contributed by atoms with van der Waals surface area (Å²) in [5.74, 6) is 0.354. The van der Waals surface area contributed by atoms with Crippen molar-refractivity contribution in [3.8, 4) is 11.5 Å². The number of hydrogen-bond donors (Lipinski definition) is 6. The molecule has 254 valence electrons. The molecule has 0 saturated heterocycles. The number of carbonyl (C=O) groups is 1. The number of aliphatic hydroxyl groups excluding tert-OH is 2. The Hall–Kier alpha value is -4.12. The van der Waals surface area contributed by atoms with E-state index in [-0.39, 0.29) is 37.0 Å². The van der Waals surface area contributed by atoms with Crippen LogP contribution in [0.5, 0.6) is 11.5 Å². The molecule has 0 aliphatic carbocycles. The van der Waals surface area contributed by atoms with E-state index in [0.29, 0.717) is 25.3 Å². The molecule has 4 atom stereocenters. The molecule has 0 fully saturated rings. The van der Waals surface area contributed by atoms with Crippen molar-refractivity contribution in [2.24, 2.45) is 10.7 Å². The van der Waals surface area contributed by atoms with Crippen molar-refractivity contribution in [3.63, 3.8) is 0 Å². The Labute approximate surface area is 283 Å². The Morgan fingerprint density at radius 2 is 1.81 bits per heavy atom. The summed E-state index contributed by atoms with van der Waals surface area (Å²) in [6.45, 7) is 3.82. The fraction of sp³-hybridized carbons (Fsp3) is 0.385. The largest absolute Gasteiger partial charge is 0.504 e. The maximum atomic E-state index is 12.4. The number of aliphatic imine (C=N–C) groups is 1. The summed E-state index contributed by atoms with van der Waals surface area (Å²) in [5, 5.41) is 33.9. The number of nitrogens with two attached hydrogens (primary N) is 1. The second kappa shape index (κ2) is 17.3. The lowest BCUT2D eigenvalue weighted by Crippen LogP contribution is -3.07. The van der Waals surface area contributed by atoms with Crippen LogP contribution in [0, 0.1) is 0 Å². The number of quaternary nitrogens is 1. The average molecular weight is 654 g/mol. The van der Waals surface area contributed by atoms with Gasteiger partial charge in [0.1, 0.15) is 24.2 Å². The van der Waals surface area contributed by atoms with Crippen molar-refractivity contribution in [1.29, 1.82) is 0 Å². The van der Waals surface area contributed by atoms with Crippen LogP contribution < -0.4 is 20.7 Å². The summed E-state index contributed by atoms with van der Waals surface area (Å²) >= 11 is 0. The highest BCUT2D eigenvalue weighted by atomic mass is 16.5. The number of hydrogen-bond acceptors (Lipinski definition) is 8. The van der Waals surface area contributed by atoms with E-state index in [9.17, 15) is 20.1 Å². The molecule has 7 N–H and O–H groups in total. The van der Waals surface area contributed by atoms with Gasteiger partial charge in [-0.15, -0.1) is 0 Å². The van der Waals surface area contributed by atoms with Gasteiger partial charge in [-0.1, -0.05) is 74.0 Å². The van der Waals surface area contributed by atoms with Gasteiger partial charge >= 0.3 is 0 Å². The van der Waals surface area contributed by atoms with E-state index in [4.69, 9.17) is 10.5 Å². The number of ether oxygens (including phenoxy) is 1. The van der Waals surface area contributed by atoms with Crippen molar-refractivity contribution in [3.05, 3.63) is 118 Å². The second-order valence-corrected chi connectivity index (χ2v) is 12.9. The van der Waals surface area contributed by atoms with Crippen LogP contribution in [0.25, 0.3) is 0 Å². The fourth-order valence-corrected chi connectivity index (χ4v) is 6.26. The number of nitrogens with one attached hydrogen (secondary N) is 2. The van der Waals surface area contributed by atoms with Crippen molar-refractivity contribution in [1.82, 2.24) is 5.32 Å². The SMILES string of the molecule is CCC[C@H](O)C[C@@H](O)CC(=O)CCc1ccc(O)c(OC[NH+]2C=C3N=CC(Cc4cccc([C@H](N)NCCc5ccccc5)c4)=C3C2)c1. The zero-order chi connectivity index (χ0) is 33.9. The molecule has 0 saturated carbocycles. The zero-order valence-corrected chi connectivity index (χ0v) is 27.8. The Morgan fingerprint density at radius 1 is 1.00 bits per heavy atom. The van der Waals surface area contributed by atoms with Gasteiger partial charge in [0.2, 0.25) is 6.73 Å². The highest BCUT2D eigenvalue weighted by molar-refractivity contribution is 5.87. The number of fused-ring (bicyclic) bond motifs is 1. The van der Waals surface area contributed by atoms with Crippen LogP contribution in [0.1, 0.15) is 67.4 Å². The lowest BCUT2D eigenvalue weighted by Gasteiger charge is -2.16. The second-order valence-electron chi connectivity index (χ2n) is 12.9. The first kappa shape index (κ1) is 35.2. The van der Waals surface area contributed by atoms with Crippen LogP contribution in [0.15, 0.2) is 101 Å². The van der Waals surface area contributed by atoms with Crippen molar-refractivity contribution in [2.75, 3.05) is 19.8 Å². The third kappa shape index (κ3) is 10.2. The third-order valence-corrected chi connectivity index (χ3v) is 8.89. The van der Waals surface area contributed by atoms with E-state index in [1.807, 2.05) is 19.2 Å². The summed E-state index contributed by atoms with van der Waals surface area (Å²) in [6, 6.07) is 23.9. The Kier molecular flexibility index (Phi) is 12.7. The van der Waals surface area contributed by atoms with Gasteiger partial charge in [-0.2, -0.15) is 0 Å². The molecule has 0 bridgehead atoms. The number of ketones is 1. The average Bonchev–Trinajstić information content (AvgIpc) is 3.65. The van der Waals surface area contributed by atoms with Crippen LogP contribution in [0.2, 0.25) is 0 Å². The Balaban J connectivity index is 1.10. The Bertz CT molecular complexity index is 1620. The topological polar surface area (TPSA) is 142 Å². The smallest absolute Gasteiger partial charge is 0.227 e. The number of carbonyl (C=O) groups excluding carboxylic acids is 1. The van der Waals surface area contributed by atoms with Crippen molar-refractivity contribution >= 4 is 12.0 Å². The highest BCUT2D eigenvalue weighted by Crippen LogP contribution is 2.28. The number of aromatic hydroxyl groups is 1. The first-order valence-electron chi connectivity index (χ1n) is 17.0. The van der Waals surface area contributed by atoms with E-state index in [1.165, 1.54) is 22.3 Å². The molecular weight excluding hydrogens is 604 g/mol. The first-order chi connectivity index (χ1) is 23.3. The number of aryl methyl sites for hydroxylation is 1. The number of aliphatic hydroxyl groups is 2. The molecular formula is C39H49N4O5+. The van der Waals surface area contributed by atoms with Crippen molar-refractivity contribution < 1.29 is 29.8 Å². The molecule has 5 rings (SSSR count). The quantitative estimate of drug-likeness (QED) is 0.108. The number of allylic oxidation sites excluding steroid dienone is 1. The van der Waals surface area contributed by atoms with Crippen molar-refractivity contribution in [2.45, 2.75) is 76.7 Å². The molecule has 2 aliphatic rings. The van der Waals surface area contributed by atoms with E-state index in [1.54, 1.807) is 18.2 Å². The third-order valence-electron chi connectivity index (χ3n) is 8.89. The molecule has 3 aromatic carbocycles. The minimum absolute atomic E-state index is 0.0287. The monoisotopic (exact) mass is 653 g/mol. The summed E-state index contributed by atoms with van der Waals surface area (Å²) in [4.78, 5) is 18.2. The van der Waals surface area contributed by atoms with Gasteiger partial charge in [0.05, 0.1) is 18.4 Å². The van der Waals surface area contributed by atoms with Gasteiger partial charge in [0.25, 0.3) is 0 Å². The Morgan fingerprint density at radius 3 is 2.62 bits per heavy atom. The number of Topliss-reactive ketones (excluding diaryl/α,β-unsaturated/α-hetero) is 1. The number of phenols is 1. The van der Waals surface area contributed by atoms with Gasteiger partial charge in [-0.05, 0) is 72.1 Å². The van der Waals surface area contributed by atoms with E-state index in [0.717, 1.165) is 54.1 Å². The molecule has 1 unspecified atom stereocenters. The highest BCUT2D eigenvalue weighted by Gasteiger charge is 2.29. The molecule has 0 amide bonds. The zero-order valence-electron chi connectivity index (χ0n) is 27.8. The number of nitrogens with zero attached hydrogens (tertiary/aromatic N) is 1. The fourth-order valence-electron chi connectivity index (χ4n) is 6.26. The van der Waals surface area contributed by atoms with E-state index >= 15 is 0 Å². The molecule has 2 aliphatic heterocycles. The summed E-state index contributed by atoms with van der Waals surface area (Å²) in [7, 11) is 0. The summed E-state index contributed by atoms with van der Waals surface area (Å²) < 4.78 is 6.04. The van der Waals surface area contributed by atoms with Gasteiger partial charge in [-0.25, -0.2) is 0 Å². The van der Waals surface area contributed by atoms with Crippen LogP contribution in [0.3, 0.4) is 0 Å². The van der Waals surface area contributed by atoms with E-state index < -0.39 is 12.2 Å². The maximum absolute atomic E-state index is 12.4. The molecule has 3 aromatic rings.